The SMILES string of the molecule is CC(C)Oc1ccc(Br)cc1/C=C(\C#N)c1nn(-c2ccccc2)c(N)c1C#N. The van der Waals surface area contributed by atoms with Crippen LogP contribution in [-0.2, 0) is 0 Å². The maximum Gasteiger partial charge on any atom is 0.145 e. The molecule has 0 saturated carbocycles. The summed E-state index contributed by atoms with van der Waals surface area (Å²) in [6.07, 6.45) is 1.62. The molecular weight excluding hydrogens is 430 g/mol. The fraction of sp³-hybridized carbons (Fsp3) is 0.136. The largest absolute Gasteiger partial charge is 0.490 e. The number of aromatic nitrogens is 2. The van der Waals surface area contributed by atoms with E-state index < -0.39 is 0 Å². The first-order valence-corrected chi connectivity index (χ1v) is 9.66. The van der Waals surface area contributed by atoms with Gasteiger partial charge in [-0.25, -0.2) is 4.68 Å². The van der Waals surface area contributed by atoms with Gasteiger partial charge in [0, 0.05) is 10.0 Å². The van der Waals surface area contributed by atoms with Gasteiger partial charge < -0.3 is 10.5 Å². The Morgan fingerprint density at radius 2 is 1.93 bits per heavy atom. The average Bonchev–Trinajstić information content (AvgIpc) is 3.04. The van der Waals surface area contributed by atoms with E-state index in [9.17, 15) is 10.5 Å². The first-order chi connectivity index (χ1) is 13.9. The number of benzene rings is 2. The van der Waals surface area contributed by atoms with Gasteiger partial charge in [0.05, 0.1) is 17.4 Å². The van der Waals surface area contributed by atoms with Crippen LogP contribution in [0.2, 0.25) is 0 Å². The molecule has 0 spiro atoms. The van der Waals surface area contributed by atoms with Crippen LogP contribution in [0.3, 0.4) is 0 Å². The van der Waals surface area contributed by atoms with Gasteiger partial charge in [0.15, 0.2) is 0 Å². The summed E-state index contributed by atoms with van der Waals surface area (Å²) in [6, 6.07) is 19.0. The molecule has 0 aliphatic rings. The first kappa shape index (κ1) is 20.2. The standard InChI is InChI=1S/C22H18BrN5O/c1-14(2)29-20-9-8-17(23)11-15(20)10-16(12-24)21-19(13-25)22(26)28(27-21)18-6-4-3-5-7-18/h3-11,14H,26H2,1-2H3/b16-10+. The Morgan fingerprint density at radius 3 is 2.55 bits per heavy atom. The molecule has 0 unspecified atom stereocenters. The number of nitrogens with zero attached hydrogens (tertiary/aromatic N) is 4. The number of hydrogen-bond acceptors (Lipinski definition) is 5. The predicted octanol–water partition coefficient (Wildman–Crippen LogP) is 4.94. The van der Waals surface area contributed by atoms with Gasteiger partial charge in [-0.1, -0.05) is 34.1 Å². The highest BCUT2D eigenvalue weighted by Crippen LogP contribution is 2.31. The van der Waals surface area contributed by atoms with E-state index in [1.165, 1.54) is 4.68 Å². The molecule has 0 aliphatic heterocycles. The molecule has 0 saturated heterocycles. The summed E-state index contributed by atoms with van der Waals surface area (Å²) in [5, 5.41) is 23.9. The number of anilines is 1. The second-order valence-corrected chi connectivity index (χ2v) is 7.40. The topological polar surface area (TPSA) is 101 Å². The van der Waals surface area contributed by atoms with Crippen molar-refractivity contribution < 1.29 is 4.74 Å². The molecule has 0 aliphatic carbocycles. The van der Waals surface area contributed by atoms with Crippen LogP contribution in [0.4, 0.5) is 5.82 Å². The van der Waals surface area contributed by atoms with E-state index in [4.69, 9.17) is 10.5 Å². The molecule has 0 radical (unpaired) electrons. The van der Waals surface area contributed by atoms with E-state index in [1.54, 1.807) is 6.08 Å². The van der Waals surface area contributed by atoms with Crippen LogP contribution in [0.1, 0.15) is 30.7 Å². The number of para-hydroxylation sites is 1. The van der Waals surface area contributed by atoms with Gasteiger partial charge in [0.25, 0.3) is 0 Å². The van der Waals surface area contributed by atoms with E-state index in [0.717, 1.165) is 4.47 Å². The zero-order valence-electron chi connectivity index (χ0n) is 15.9. The third-order valence-corrected chi connectivity index (χ3v) is 4.54. The lowest BCUT2D eigenvalue weighted by Gasteiger charge is -2.13. The number of nitrogens with two attached hydrogens (primary N) is 1. The number of hydrogen-bond donors (Lipinski definition) is 1. The second-order valence-electron chi connectivity index (χ2n) is 6.49. The van der Waals surface area contributed by atoms with Crippen molar-refractivity contribution in [2.75, 3.05) is 5.73 Å². The minimum absolute atomic E-state index is 0.0311. The summed E-state index contributed by atoms with van der Waals surface area (Å²) in [6.45, 7) is 3.85. The number of rotatable bonds is 5. The van der Waals surface area contributed by atoms with Crippen molar-refractivity contribution in [1.29, 1.82) is 10.5 Å². The summed E-state index contributed by atoms with van der Waals surface area (Å²) in [5.41, 5.74) is 8.16. The monoisotopic (exact) mass is 447 g/mol. The summed E-state index contributed by atoms with van der Waals surface area (Å²) < 4.78 is 8.15. The van der Waals surface area contributed by atoms with Crippen molar-refractivity contribution in [3.63, 3.8) is 0 Å². The Hall–Kier alpha value is -3.55. The molecule has 1 aromatic heterocycles. The molecule has 0 atom stereocenters. The minimum Gasteiger partial charge on any atom is -0.490 e. The van der Waals surface area contributed by atoms with Crippen LogP contribution in [0.5, 0.6) is 5.75 Å². The third-order valence-electron chi connectivity index (χ3n) is 4.04. The second kappa shape index (κ2) is 8.64. The summed E-state index contributed by atoms with van der Waals surface area (Å²) in [5.74, 6) is 0.813. The van der Waals surface area contributed by atoms with Crippen molar-refractivity contribution in [2.24, 2.45) is 0 Å². The van der Waals surface area contributed by atoms with Crippen LogP contribution >= 0.6 is 15.9 Å². The minimum atomic E-state index is -0.0311. The van der Waals surface area contributed by atoms with E-state index >= 15 is 0 Å². The molecule has 0 fully saturated rings. The van der Waals surface area contributed by atoms with Crippen molar-refractivity contribution in [1.82, 2.24) is 9.78 Å². The molecule has 3 rings (SSSR count). The molecular formula is C22H18BrN5O. The first-order valence-electron chi connectivity index (χ1n) is 8.87. The molecule has 29 heavy (non-hydrogen) atoms. The Morgan fingerprint density at radius 1 is 1.21 bits per heavy atom. The molecule has 144 valence electrons. The van der Waals surface area contributed by atoms with Gasteiger partial charge in [0.1, 0.15) is 35.0 Å². The van der Waals surface area contributed by atoms with Gasteiger partial charge in [0.2, 0.25) is 0 Å². The lowest BCUT2D eigenvalue weighted by atomic mass is 10.1. The number of ether oxygens (including phenoxy) is 1. The highest BCUT2D eigenvalue weighted by molar-refractivity contribution is 9.10. The molecule has 0 amide bonds. The summed E-state index contributed by atoms with van der Waals surface area (Å²) >= 11 is 3.45. The zero-order chi connectivity index (χ0) is 21.0. The molecule has 3 aromatic rings. The fourth-order valence-corrected chi connectivity index (χ4v) is 3.18. The predicted molar refractivity (Wildman–Crippen MR) is 116 cm³/mol. The quantitative estimate of drug-likeness (QED) is 0.558. The number of allylic oxidation sites excluding steroid dienone is 1. The maximum absolute atomic E-state index is 9.80. The molecule has 7 heteroatoms. The lowest BCUT2D eigenvalue weighted by molar-refractivity contribution is 0.242. The van der Waals surface area contributed by atoms with Crippen LogP contribution in [0, 0.1) is 22.7 Å². The van der Waals surface area contributed by atoms with Gasteiger partial charge in [-0.3, -0.25) is 0 Å². The Balaban J connectivity index is 2.17. The van der Waals surface area contributed by atoms with Crippen LogP contribution < -0.4 is 10.5 Å². The van der Waals surface area contributed by atoms with Crippen LogP contribution in [-0.4, -0.2) is 15.9 Å². The van der Waals surface area contributed by atoms with E-state index in [2.05, 4.69) is 33.2 Å². The average molecular weight is 448 g/mol. The normalized spacial score (nSPS) is 11.2. The van der Waals surface area contributed by atoms with Crippen LogP contribution in [0.25, 0.3) is 17.3 Å². The molecule has 0 bridgehead atoms. The summed E-state index contributed by atoms with van der Waals surface area (Å²) in [7, 11) is 0. The van der Waals surface area contributed by atoms with Crippen molar-refractivity contribution in [3.05, 3.63) is 69.8 Å². The van der Waals surface area contributed by atoms with Crippen molar-refractivity contribution >= 4 is 33.4 Å². The van der Waals surface area contributed by atoms with Crippen molar-refractivity contribution in [2.45, 2.75) is 20.0 Å². The van der Waals surface area contributed by atoms with Crippen molar-refractivity contribution in [3.8, 4) is 23.6 Å². The van der Waals surface area contributed by atoms with Gasteiger partial charge >= 0.3 is 0 Å². The highest BCUT2D eigenvalue weighted by atomic mass is 79.9. The van der Waals surface area contributed by atoms with Gasteiger partial charge in [-0.2, -0.15) is 15.6 Å². The summed E-state index contributed by atoms with van der Waals surface area (Å²) in [4.78, 5) is 0. The molecule has 2 aromatic carbocycles. The van der Waals surface area contributed by atoms with E-state index in [1.807, 2.05) is 62.4 Å². The Bertz CT molecular complexity index is 1150. The van der Waals surface area contributed by atoms with Gasteiger partial charge in [-0.05, 0) is 50.3 Å². The fourth-order valence-electron chi connectivity index (χ4n) is 2.80. The number of nitrogen functional groups attached to an aromatic ring is 1. The highest BCUT2D eigenvalue weighted by Gasteiger charge is 2.20. The third kappa shape index (κ3) is 4.31. The number of halogens is 1. The Kier molecular flexibility index (Phi) is 6.01. The smallest absolute Gasteiger partial charge is 0.145 e. The molecule has 1 heterocycles. The van der Waals surface area contributed by atoms with Crippen LogP contribution in [0.15, 0.2) is 53.0 Å². The lowest BCUT2D eigenvalue weighted by Crippen LogP contribution is -2.06. The maximum atomic E-state index is 9.80. The molecule has 2 N–H and O–H groups in total. The van der Waals surface area contributed by atoms with E-state index in [0.29, 0.717) is 17.0 Å². The molecule has 6 nitrogen and oxygen atoms in total. The number of nitriles is 2. The zero-order valence-corrected chi connectivity index (χ0v) is 17.5. The van der Waals surface area contributed by atoms with E-state index in [-0.39, 0.29) is 28.8 Å². The Labute approximate surface area is 177 Å². The van der Waals surface area contributed by atoms with Gasteiger partial charge in [-0.15, -0.1) is 0 Å².